The number of benzene rings is 3. The number of carbonyl (C=O) groups excluding carboxylic acids is 4. The molecule has 3 amide bonds. The Morgan fingerprint density at radius 3 is 2.56 bits per heavy atom. The number of nitrogens with one attached hydrogen (secondary N) is 3. The van der Waals surface area contributed by atoms with E-state index in [2.05, 4.69) is 15.6 Å². The van der Waals surface area contributed by atoms with Crippen molar-refractivity contribution < 1.29 is 23.9 Å². The molecule has 206 valence electrons. The first-order valence-electron chi connectivity index (χ1n) is 13.3. The number of imide groups is 1. The van der Waals surface area contributed by atoms with Crippen molar-refractivity contribution in [1.82, 2.24) is 10.3 Å². The number of carbonyl (C=O) groups is 4. The maximum absolute atomic E-state index is 14.3. The summed E-state index contributed by atoms with van der Waals surface area (Å²) < 4.78 is 5.12. The number of nitrogens with zero attached hydrogens (tertiary/aromatic N) is 1. The number of H-pyrrole nitrogens is 1. The number of amides is 3. The van der Waals surface area contributed by atoms with Crippen LogP contribution in [-0.4, -0.2) is 34.7 Å². The molecule has 0 radical (unpaired) electrons. The number of para-hydroxylation sites is 1. The zero-order chi connectivity index (χ0) is 28.6. The van der Waals surface area contributed by atoms with Crippen molar-refractivity contribution in [1.29, 1.82) is 0 Å². The first-order chi connectivity index (χ1) is 19.7. The molecule has 41 heavy (non-hydrogen) atoms. The molecular formula is C31H25ClN4O5. The summed E-state index contributed by atoms with van der Waals surface area (Å²) >= 11 is 6.47. The molecule has 3 aliphatic heterocycles. The molecule has 2 fully saturated rings. The Bertz CT molecular complexity index is 1800. The summed E-state index contributed by atoms with van der Waals surface area (Å²) in [4.78, 5) is 58.1. The highest BCUT2D eigenvalue weighted by atomic mass is 35.5. The number of fused-ring (bicyclic) bond motifs is 5. The molecular weight excluding hydrogens is 544 g/mol. The molecule has 9 nitrogen and oxygen atoms in total. The van der Waals surface area contributed by atoms with Crippen LogP contribution in [0.25, 0.3) is 10.9 Å². The van der Waals surface area contributed by atoms with Gasteiger partial charge in [0.05, 0.1) is 17.5 Å². The van der Waals surface area contributed by atoms with Crippen molar-refractivity contribution in [2.24, 2.45) is 11.8 Å². The number of aromatic amines is 1. The summed E-state index contributed by atoms with van der Waals surface area (Å²) in [7, 11) is 0. The molecule has 0 aliphatic carbocycles. The molecule has 1 aromatic heterocycles. The van der Waals surface area contributed by atoms with E-state index < -0.39 is 41.2 Å². The normalized spacial score (nSPS) is 24.7. The van der Waals surface area contributed by atoms with E-state index in [-0.39, 0.29) is 5.91 Å². The molecule has 0 bridgehead atoms. The van der Waals surface area contributed by atoms with Crippen LogP contribution in [0.3, 0.4) is 0 Å². The van der Waals surface area contributed by atoms with Gasteiger partial charge in [-0.2, -0.15) is 0 Å². The molecule has 0 saturated carbocycles. The first kappa shape index (κ1) is 25.5. The Hall–Kier alpha value is -4.47. The fourth-order valence-electron chi connectivity index (χ4n) is 6.83. The second-order valence-electron chi connectivity index (χ2n) is 10.8. The molecule has 3 N–H and O–H groups in total. The maximum Gasteiger partial charge on any atom is 0.308 e. The summed E-state index contributed by atoms with van der Waals surface area (Å²) in [5.74, 6) is -3.26. The highest BCUT2D eigenvalue weighted by molar-refractivity contribution is 6.31. The lowest BCUT2D eigenvalue weighted by Crippen LogP contribution is -2.53. The Morgan fingerprint density at radius 2 is 1.80 bits per heavy atom. The molecule has 3 aromatic carbocycles. The molecule has 4 heterocycles. The summed E-state index contributed by atoms with van der Waals surface area (Å²) in [6, 6.07) is 17.0. The lowest BCUT2D eigenvalue weighted by Gasteiger charge is -2.29. The highest BCUT2D eigenvalue weighted by Gasteiger charge is 2.70. The van der Waals surface area contributed by atoms with Gasteiger partial charge < -0.3 is 15.0 Å². The van der Waals surface area contributed by atoms with E-state index in [9.17, 15) is 19.2 Å². The van der Waals surface area contributed by atoms with Crippen LogP contribution in [0.1, 0.15) is 23.6 Å². The molecule has 2 saturated heterocycles. The number of rotatable bonds is 4. The number of halogens is 1. The summed E-state index contributed by atoms with van der Waals surface area (Å²) in [5.41, 5.74) is 2.73. The average molecular weight is 569 g/mol. The van der Waals surface area contributed by atoms with Crippen molar-refractivity contribution >= 4 is 57.6 Å². The lowest BCUT2D eigenvalue weighted by atomic mass is 9.76. The van der Waals surface area contributed by atoms with E-state index in [1.54, 1.807) is 24.3 Å². The maximum atomic E-state index is 14.3. The number of aromatic nitrogens is 1. The predicted octanol–water partition coefficient (Wildman–Crippen LogP) is 4.22. The van der Waals surface area contributed by atoms with Crippen molar-refractivity contribution in [3.8, 4) is 5.75 Å². The van der Waals surface area contributed by atoms with E-state index in [1.807, 2.05) is 37.4 Å². The van der Waals surface area contributed by atoms with Crippen molar-refractivity contribution in [2.75, 3.05) is 10.2 Å². The number of aryl methyl sites for hydroxylation is 1. The topological polar surface area (TPSA) is 121 Å². The zero-order valence-corrected chi connectivity index (χ0v) is 22.9. The van der Waals surface area contributed by atoms with Crippen LogP contribution in [0.2, 0.25) is 5.02 Å². The fraction of sp³-hybridized carbons (Fsp3) is 0.226. The largest absolute Gasteiger partial charge is 0.427 e. The van der Waals surface area contributed by atoms with Gasteiger partial charge in [-0.25, -0.2) is 4.90 Å². The van der Waals surface area contributed by atoms with Gasteiger partial charge in [0.1, 0.15) is 11.3 Å². The standard InChI is InChI=1S/C31H25ClN4O5/c1-15-11-18(32)13-22-27(15)34-30(40)31(22)26-25(24(35-31)12-17-14-33-23-6-4-3-5-21(17)23)28(38)36(29(26)39)19-7-9-20(10-8-19)41-16(2)37/h3-11,13-14,24-26,33,35H,12H2,1-2H3,(H,34,40)/t24-,25+,26-,31-/m0/s1. The second kappa shape index (κ2) is 9.02. The number of anilines is 2. The van der Waals surface area contributed by atoms with Gasteiger partial charge in [0.2, 0.25) is 17.7 Å². The fourth-order valence-corrected chi connectivity index (χ4v) is 7.10. The molecule has 0 unspecified atom stereocenters. The quantitative estimate of drug-likeness (QED) is 0.193. The zero-order valence-electron chi connectivity index (χ0n) is 22.2. The minimum atomic E-state index is -1.48. The van der Waals surface area contributed by atoms with Crippen molar-refractivity contribution in [2.45, 2.75) is 31.8 Å². The van der Waals surface area contributed by atoms with Crippen LogP contribution < -0.4 is 20.3 Å². The molecule has 10 heteroatoms. The van der Waals surface area contributed by atoms with Crippen LogP contribution in [0.15, 0.2) is 66.9 Å². The monoisotopic (exact) mass is 568 g/mol. The number of esters is 1. The Kier molecular flexibility index (Phi) is 5.61. The molecule has 4 atom stereocenters. The van der Waals surface area contributed by atoms with E-state index in [0.717, 1.165) is 26.9 Å². The van der Waals surface area contributed by atoms with Crippen LogP contribution in [-0.2, 0) is 31.1 Å². The van der Waals surface area contributed by atoms with Gasteiger partial charge in [-0.05, 0) is 66.9 Å². The smallest absolute Gasteiger partial charge is 0.308 e. The molecule has 1 spiro atoms. The van der Waals surface area contributed by atoms with Crippen LogP contribution in [0.5, 0.6) is 5.75 Å². The molecule has 4 aromatic rings. The number of hydrogen-bond acceptors (Lipinski definition) is 6. The van der Waals surface area contributed by atoms with Gasteiger partial charge in [-0.3, -0.25) is 24.5 Å². The Morgan fingerprint density at radius 1 is 1.05 bits per heavy atom. The van der Waals surface area contributed by atoms with Crippen LogP contribution in [0, 0.1) is 18.8 Å². The predicted molar refractivity (Wildman–Crippen MR) is 153 cm³/mol. The highest BCUT2D eigenvalue weighted by Crippen LogP contribution is 2.55. The van der Waals surface area contributed by atoms with Gasteiger partial charge in [0.25, 0.3) is 0 Å². The van der Waals surface area contributed by atoms with Gasteiger partial charge >= 0.3 is 5.97 Å². The minimum absolute atomic E-state index is 0.296. The summed E-state index contributed by atoms with van der Waals surface area (Å²) in [6.07, 6.45) is 2.32. The van der Waals surface area contributed by atoms with Crippen molar-refractivity contribution in [3.05, 3.63) is 88.6 Å². The number of hydrogen-bond donors (Lipinski definition) is 3. The third-order valence-corrected chi connectivity index (χ3v) is 8.68. The first-order valence-corrected chi connectivity index (χ1v) is 13.7. The van der Waals surface area contributed by atoms with Gasteiger partial charge in [-0.1, -0.05) is 29.8 Å². The van der Waals surface area contributed by atoms with E-state index >= 15 is 0 Å². The summed E-state index contributed by atoms with van der Waals surface area (Å²) in [6.45, 7) is 3.14. The van der Waals surface area contributed by atoms with Gasteiger partial charge in [0.15, 0.2) is 0 Å². The minimum Gasteiger partial charge on any atom is -0.427 e. The SMILES string of the molecule is CC(=O)Oc1ccc(N2C(=O)[C@@H]3[C@H](Cc4c[nH]c5ccccc45)N[C@]4(C(=O)Nc5c(C)cc(Cl)cc54)[C@@H]3C2=O)cc1. The van der Waals surface area contributed by atoms with Crippen LogP contribution >= 0.6 is 11.6 Å². The Labute approximate surface area is 239 Å². The van der Waals surface area contributed by atoms with Crippen molar-refractivity contribution in [3.63, 3.8) is 0 Å². The summed E-state index contributed by atoms with van der Waals surface area (Å²) in [5, 5.41) is 7.90. The lowest BCUT2D eigenvalue weighted by molar-refractivity contribution is -0.132. The third-order valence-electron chi connectivity index (χ3n) is 8.46. The van der Waals surface area contributed by atoms with E-state index in [4.69, 9.17) is 16.3 Å². The van der Waals surface area contributed by atoms with E-state index in [0.29, 0.717) is 34.1 Å². The molecule has 7 rings (SSSR count). The average Bonchev–Trinajstić information content (AvgIpc) is 3.64. The van der Waals surface area contributed by atoms with Gasteiger partial charge in [0, 0.05) is 46.3 Å². The van der Waals surface area contributed by atoms with E-state index in [1.165, 1.54) is 19.1 Å². The van der Waals surface area contributed by atoms with Crippen LogP contribution in [0.4, 0.5) is 11.4 Å². The number of ether oxygens (including phenoxy) is 1. The van der Waals surface area contributed by atoms with Gasteiger partial charge in [-0.15, -0.1) is 0 Å². The molecule has 3 aliphatic rings. The second-order valence-corrected chi connectivity index (χ2v) is 11.3. The Balaban J connectivity index is 1.35. The third kappa shape index (κ3) is 3.66.